The van der Waals surface area contributed by atoms with Crippen LogP contribution in [0.25, 0.3) is 21.0 Å². The highest BCUT2D eigenvalue weighted by Crippen LogP contribution is 2.28. The highest BCUT2D eigenvalue weighted by Gasteiger charge is 2.10. The predicted octanol–water partition coefficient (Wildman–Crippen LogP) is 1.74. The molecule has 2 nitrogen and oxygen atoms in total. The molecule has 0 spiro atoms. The van der Waals surface area contributed by atoms with Crippen LogP contribution in [0.4, 0.5) is 0 Å². The molecule has 1 aromatic carbocycles. The lowest BCUT2D eigenvalue weighted by Crippen LogP contribution is -2.05. The van der Waals surface area contributed by atoms with Crippen molar-refractivity contribution < 1.29 is 5.11 Å². The number of aliphatic hydroxyl groups excluding tert-OH is 1. The van der Waals surface area contributed by atoms with E-state index < -0.39 is 0 Å². The average molecular weight is 225 g/mol. The molecule has 0 atom stereocenters. The summed E-state index contributed by atoms with van der Waals surface area (Å²) in [5.41, 5.74) is 1.62. The number of hydrogen-bond donors (Lipinski definition) is 1. The first kappa shape index (κ1) is 9.81. The fraction of sp³-hybridized carbons (Fsp3) is 0.0833. The van der Waals surface area contributed by atoms with Crippen molar-refractivity contribution in [2.45, 2.75) is 6.61 Å². The van der Waals surface area contributed by atoms with E-state index in [-0.39, 0.29) is 6.61 Å². The number of hydrogen-bond acceptors (Lipinski definition) is 3. The molecule has 16 heavy (non-hydrogen) atoms. The van der Waals surface area contributed by atoms with E-state index in [1.807, 2.05) is 24.3 Å². The van der Waals surface area contributed by atoms with Crippen molar-refractivity contribution in [3.63, 3.8) is 0 Å². The lowest BCUT2D eigenvalue weighted by Gasteiger charge is -2.00. The molecule has 0 saturated heterocycles. The number of rotatable bonds is 1. The van der Waals surface area contributed by atoms with Crippen LogP contribution in [0.1, 0.15) is 4.88 Å². The molecule has 2 radical (unpaired) electrons. The van der Waals surface area contributed by atoms with Gasteiger partial charge in [-0.2, -0.15) is 0 Å². The van der Waals surface area contributed by atoms with Crippen molar-refractivity contribution in [2.75, 3.05) is 0 Å². The Kier molecular flexibility index (Phi) is 2.19. The topological polar surface area (TPSA) is 33.1 Å². The molecule has 3 aromatic rings. The number of thiophene rings is 1. The van der Waals surface area contributed by atoms with Gasteiger partial charge >= 0.3 is 0 Å². The fourth-order valence-corrected chi connectivity index (χ4v) is 2.94. The summed E-state index contributed by atoms with van der Waals surface area (Å²) in [6.45, 7) is -0.00701. The van der Waals surface area contributed by atoms with Gasteiger partial charge in [0.15, 0.2) is 0 Å². The molecule has 4 heteroatoms. The number of benzene rings is 1. The molecule has 2 heterocycles. The van der Waals surface area contributed by atoms with Gasteiger partial charge in [0.2, 0.25) is 0 Å². The van der Waals surface area contributed by atoms with Crippen LogP contribution in [0, 0.1) is 0 Å². The number of nitrogens with zero attached hydrogens (tertiary/aromatic N) is 1. The summed E-state index contributed by atoms with van der Waals surface area (Å²) < 4.78 is 1.10. The zero-order valence-corrected chi connectivity index (χ0v) is 9.29. The standard InChI is InChI=1S/C12H8BNOS/c13-12-10(6-15)16-9-4-3-8-7(11(9)12)2-1-5-14-8/h1-5,15H,6H2. The molecule has 3 rings (SSSR count). The highest BCUT2D eigenvalue weighted by molar-refractivity contribution is 7.20. The molecule has 0 aliphatic heterocycles. The molecule has 76 valence electrons. The fourth-order valence-electron chi connectivity index (χ4n) is 1.94. The van der Waals surface area contributed by atoms with Gasteiger partial charge in [0.25, 0.3) is 0 Å². The van der Waals surface area contributed by atoms with Crippen molar-refractivity contribution in [1.29, 1.82) is 0 Å². The lowest BCUT2D eigenvalue weighted by atomic mass is 9.91. The Morgan fingerprint density at radius 1 is 1.31 bits per heavy atom. The first-order valence-electron chi connectivity index (χ1n) is 4.96. The van der Waals surface area contributed by atoms with E-state index in [0.717, 1.165) is 25.9 Å². The van der Waals surface area contributed by atoms with Crippen LogP contribution in [0.3, 0.4) is 0 Å². The van der Waals surface area contributed by atoms with Crippen LogP contribution in [0.15, 0.2) is 30.5 Å². The van der Waals surface area contributed by atoms with Crippen LogP contribution in [0.5, 0.6) is 0 Å². The Morgan fingerprint density at radius 3 is 3.00 bits per heavy atom. The average Bonchev–Trinajstić information content (AvgIpc) is 2.66. The van der Waals surface area contributed by atoms with Gasteiger partial charge in [-0.1, -0.05) is 11.5 Å². The number of aliphatic hydroxyl groups is 1. The van der Waals surface area contributed by atoms with Crippen molar-refractivity contribution in [3.05, 3.63) is 35.3 Å². The quantitative estimate of drug-likeness (QED) is 0.640. The summed E-state index contributed by atoms with van der Waals surface area (Å²) in [7, 11) is 6.04. The molecular weight excluding hydrogens is 217 g/mol. The van der Waals surface area contributed by atoms with E-state index in [1.165, 1.54) is 11.3 Å². The third-order valence-corrected chi connectivity index (χ3v) is 3.85. The predicted molar refractivity (Wildman–Crippen MR) is 68.4 cm³/mol. The van der Waals surface area contributed by atoms with Crippen LogP contribution in [-0.4, -0.2) is 17.9 Å². The van der Waals surface area contributed by atoms with Crippen LogP contribution >= 0.6 is 11.3 Å². The largest absolute Gasteiger partial charge is 0.391 e. The van der Waals surface area contributed by atoms with Gasteiger partial charge < -0.3 is 5.11 Å². The van der Waals surface area contributed by atoms with Gasteiger partial charge in [-0.05, 0) is 23.6 Å². The van der Waals surface area contributed by atoms with Crippen molar-refractivity contribution in [2.24, 2.45) is 0 Å². The smallest absolute Gasteiger partial charge is 0.116 e. The van der Waals surface area contributed by atoms with Gasteiger partial charge in [-0.25, -0.2) is 0 Å². The highest BCUT2D eigenvalue weighted by atomic mass is 32.1. The summed E-state index contributed by atoms with van der Waals surface area (Å²) >= 11 is 1.54. The molecule has 0 fully saturated rings. The molecule has 2 aromatic heterocycles. The Labute approximate surface area is 98.0 Å². The normalized spacial score (nSPS) is 11.3. The van der Waals surface area contributed by atoms with Crippen molar-refractivity contribution in [1.82, 2.24) is 4.98 Å². The van der Waals surface area contributed by atoms with E-state index in [4.69, 9.17) is 7.85 Å². The maximum Gasteiger partial charge on any atom is 0.116 e. The summed E-state index contributed by atoms with van der Waals surface area (Å²) in [6, 6.07) is 7.89. The van der Waals surface area contributed by atoms with Crippen LogP contribution in [0.2, 0.25) is 0 Å². The third-order valence-electron chi connectivity index (χ3n) is 2.69. The van der Waals surface area contributed by atoms with Gasteiger partial charge in [-0.15, -0.1) is 11.3 Å². The molecule has 0 saturated carbocycles. The Morgan fingerprint density at radius 2 is 2.19 bits per heavy atom. The molecule has 0 aliphatic carbocycles. The van der Waals surface area contributed by atoms with Gasteiger partial charge in [0, 0.05) is 21.2 Å². The summed E-state index contributed by atoms with van der Waals surface area (Å²) in [5.74, 6) is 0. The first-order valence-corrected chi connectivity index (χ1v) is 5.78. The Balaban J connectivity index is 2.54. The summed E-state index contributed by atoms with van der Waals surface area (Å²) in [5, 5.41) is 11.3. The SMILES string of the molecule is [B]c1c(CO)sc2ccc3ncccc3c12. The summed E-state index contributed by atoms with van der Waals surface area (Å²) in [4.78, 5) is 5.12. The Bertz CT molecular complexity index is 677. The monoisotopic (exact) mass is 225 g/mol. The number of fused-ring (bicyclic) bond motifs is 3. The van der Waals surface area contributed by atoms with E-state index >= 15 is 0 Å². The zero-order valence-electron chi connectivity index (χ0n) is 8.47. The second kappa shape index (κ2) is 3.58. The van der Waals surface area contributed by atoms with E-state index in [1.54, 1.807) is 6.20 Å². The second-order valence-electron chi connectivity index (χ2n) is 3.61. The molecule has 0 aliphatic rings. The maximum absolute atomic E-state index is 9.21. The molecule has 0 bridgehead atoms. The van der Waals surface area contributed by atoms with E-state index in [9.17, 15) is 5.11 Å². The van der Waals surface area contributed by atoms with Crippen LogP contribution < -0.4 is 5.46 Å². The van der Waals surface area contributed by atoms with E-state index in [0.29, 0.717) is 5.46 Å². The minimum atomic E-state index is -0.00701. The number of pyridine rings is 1. The second-order valence-corrected chi connectivity index (χ2v) is 4.74. The van der Waals surface area contributed by atoms with Gasteiger partial charge in [0.1, 0.15) is 7.85 Å². The molecule has 0 amide bonds. The third kappa shape index (κ3) is 1.27. The first-order chi connectivity index (χ1) is 7.81. The van der Waals surface area contributed by atoms with Crippen molar-refractivity contribution in [3.8, 4) is 0 Å². The number of aromatic nitrogens is 1. The molecular formula is C12H8BNOS. The lowest BCUT2D eigenvalue weighted by molar-refractivity contribution is 0.286. The molecule has 1 N–H and O–H groups in total. The minimum Gasteiger partial charge on any atom is -0.391 e. The van der Waals surface area contributed by atoms with Crippen molar-refractivity contribution >= 4 is 45.6 Å². The molecule has 0 unspecified atom stereocenters. The summed E-state index contributed by atoms with van der Waals surface area (Å²) in [6.07, 6.45) is 1.77. The minimum absolute atomic E-state index is 0.00701. The Hall–Kier alpha value is -1.39. The van der Waals surface area contributed by atoms with E-state index in [2.05, 4.69) is 4.98 Å². The van der Waals surface area contributed by atoms with Gasteiger partial charge in [-0.3, -0.25) is 4.98 Å². The maximum atomic E-state index is 9.21. The van der Waals surface area contributed by atoms with Gasteiger partial charge in [0.05, 0.1) is 12.1 Å². The zero-order chi connectivity index (χ0) is 11.1. The van der Waals surface area contributed by atoms with Crippen LogP contribution in [-0.2, 0) is 6.61 Å².